The van der Waals surface area contributed by atoms with Crippen LogP contribution < -0.4 is 10.1 Å². The molecule has 148 valence electrons. The molecule has 0 aliphatic heterocycles. The van der Waals surface area contributed by atoms with E-state index in [1.165, 1.54) is 16.7 Å². The number of hydrogen-bond acceptors (Lipinski definition) is 4. The van der Waals surface area contributed by atoms with Gasteiger partial charge in [-0.05, 0) is 31.9 Å². The number of nitrogens with one attached hydrogen (secondary N) is 2. The highest BCUT2D eigenvalue weighted by Crippen LogP contribution is 2.39. The van der Waals surface area contributed by atoms with Gasteiger partial charge in [0.25, 0.3) is 0 Å². The molecule has 2 N–H and O–H groups in total. The number of hydrogen-bond donors (Lipinski definition) is 2. The van der Waals surface area contributed by atoms with E-state index in [1.54, 1.807) is 13.0 Å². The van der Waals surface area contributed by atoms with Crippen LogP contribution >= 0.6 is 11.6 Å². The van der Waals surface area contributed by atoms with Gasteiger partial charge in [0.1, 0.15) is 11.0 Å². The second-order valence-corrected chi connectivity index (χ2v) is 7.01. The van der Waals surface area contributed by atoms with Gasteiger partial charge < -0.3 is 10.1 Å². The fourth-order valence-corrected chi connectivity index (χ4v) is 3.00. The molecule has 3 aromatic rings. The van der Waals surface area contributed by atoms with E-state index in [2.05, 4.69) is 25.2 Å². The van der Waals surface area contributed by atoms with Crippen molar-refractivity contribution in [1.29, 1.82) is 0 Å². The zero-order chi connectivity index (χ0) is 20.1. The lowest BCUT2D eigenvalue weighted by atomic mass is 10.1. The highest BCUT2D eigenvalue weighted by Gasteiger charge is 2.33. The van der Waals surface area contributed by atoms with Gasteiger partial charge in [-0.1, -0.05) is 11.6 Å². The van der Waals surface area contributed by atoms with Crippen molar-refractivity contribution in [1.82, 2.24) is 19.6 Å². The van der Waals surface area contributed by atoms with Gasteiger partial charge in [0.15, 0.2) is 11.4 Å². The molecule has 4 rings (SSSR count). The van der Waals surface area contributed by atoms with E-state index in [4.69, 9.17) is 11.6 Å². The number of amides is 1. The summed E-state index contributed by atoms with van der Waals surface area (Å²) in [6, 6.07) is 4.12. The molecule has 1 fully saturated rings. The Morgan fingerprint density at radius 3 is 2.86 bits per heavy atom. The van der Waals surface area contributed by atoms with Gasteiger partial charge in [0.2, 0.25) is 5.91 Å². The van der Waals surface area contributed by atoms with Crippen LogP contribution in [0.4, 0.5) is 19.0 Å². The quantitative estimate of drug-likeness (QED) is 0.613. The van der Waals surface area contributed by atoms with Crippen LogP contribution in [-0.2, 0) is 4.79 Å². The van der Waals surface area contributed by atoms with Gasteiger partial charge >= 0.3 is 6.36 Å². The molecule has 3 heterocycles. The molecule has 0 aromatic carbocycles. The number of ether oxygens (including phenoxy) is 1. The maximum absolute atomic E-state index is 12.6. The molecule has 1 unspecified atom stereocenters. The van der Waals surface area contributed by atoms with Crippen molar-refractivity contribution in [2.45, 2.75) is 38.0 Å². The molecule has 0 saturated heterocycles. The van der Waals surface area contributed by atoms with Gasteiger partial charge in [-0.2, -0.15) is 5.10 Å². The van der Waals surface area contributed by atoms with Gasteiger partial charge in [0, 0.05) is 18.2 Å². The van der Waals surface area contributed by atoms with E-state index >= 15 is 0 Å². The molecule has 7 nitrogen and oxygen atoms in total. The van der Waals surface area contributed by atoms with Crippen LogP contribution in [0.2, 0.25) is 5.15 Å². The van der Waals surface area contributed by atoms with Crippen molar-refractivity contribution >= 4 is 29.0 Å². The summed E-state index contributed by atoms with van der Waals surface area (Å²) < 4.78 is 43.0. The fourth-order valence-electron chi connectivity index (χ4n) is 2.81. The molecule has 1 aliphatic rings. The second-order valence-electron chi connectivity index (χ2n) is 6.62. The highest BCUT2D eigenvalue weighted by molar-refractivity contribution is 6.29. The lowest BCUT2D eigenvalue weighted by molar-refractivity contribution is -0.274. The molecule has 28 heavy (non-hydrogen) atoms. The molecule has 11 heteroatoms. The lowest BCUT2D eigenvalue weighted by Gasteiger charge is -2.10. The molecule has 1 saturated carbocycles. The molecule has 0 bridgehead atoms. The average Bonchev–Trinajstić information content (AvgIpc) is 3.19. The van der Waals surface area contributed by atoms with E-state index in [-0.39, 0.29) is 22.4 Å². The van der Waals surface area contributed by atoms with Crippen molar-refractivity contribution in [2.75, 3.05) is 5.32 Å². The number of anilines is 1. The van der Waals surface area contributed by atoms with Crippen LogP contribution in [0.15, 0.2) is 24.4 Å². The van der Waals surface area contributed by atoms with Crippen molar-refractivity contribution in [3.8, 4) is 5.75 Å². The number of carbonyl (C=O) groups excluding carboxylic acids is 1. The largest absolute Gasteiger partial charge is 0.573 e. The number of rotatable bonds is 5. The summed E-state index contributed by atoms with van der Waals surface area (Å²) in [7, 11) is 0. The number of alkyl halides is 3. The minimum Gasteiger partial charge on any atom is -0.402 e. The summed E-state index contributed by atoms with van der Waals surface area (Å²) in [6.07, 6.45) is -1.30. The van der Waals surface area contributed by atoms with E-state index in [0.717, 1.165) is 24.6 Å². The van der Waals surface area contributed by atoms with Crippen molar-refractivity contribution < 1.29 is 22.7 Å². The second kappa shape index (κ2) is 6.69. The normalized spacial score (nSPS) is 15.6. The topological polar surface area (TPSA) is 84.3 Å². The third-order valence-electron chi connectivity index (χ3n) is 4.46. The smallest absolute Gasteiger partial charge is 0.402 e. The Labute approximate surface area is 161 Å². The van der Waals surface area contributed by atoms with Gasteiger partial charge in [-0.15, -0.1) is 13.2 Å². The predicted molar refractivity (Wildman–Crippen MR) is 94.5 cm³/mol. The van der Waals surface area contributed by atoms with Crippen LogP contribution in [-0.4, -0.2) is 31.9 Å². The Kier molecular flexibility index (Phi) is 4.45. The van der Waals surface area contributed by atoms with E-state index in [9.17, 15) is 18.0 Å². The van der Waals surface area contributed by atoms with E-state index < -0.39 is 18.0 Å². The Bertz CT molecular complexity index is 1040. The van der Waals surface area contributed by atoms with Crippen molar-refractivity contribution in [2.24, 2.45) is 0 Å². The number of aromatic nitrogens is 4. The first kappa shape index (κ1) is 18.6. The van der Waals surface area contributed by atoms with Crippen LogP contribution in [0.1, 0.15) is 43.0 Å². The fraction of sp³-hybridized carbons (Fsp3) is 0.353. The van der Waals surface area contributed by atoms with Crippen molar-refractivity contribution in [3.63, 3.8) is 0 Å². The zero-order valence-electron chi connectivity index (χ0n) is 14.5. The summed E-state index contributed by atoms with van der Waals surface area (Å²) in [6.45, 7) is 1.59. The monoisotopic (exact) mass is 413 g/mol. The number of fused-ring (bicyclic) bond motifs is 1. The number of halogens is 4. The summed E-state index contributed by atoms with van der Waals surface area (Å²) in [4.78, 5) is 16.7. The third-order valence-corrected chi connectivity index (χ3v) is 4.77. The third kappa shape index (κ3) is 3.77. The minimum absolute atomic E-state index is 0.128. The minimum atomic E-state index is -4.87. The first-order valence-corrected chi connectivity index (χ1v) is 8.88. The molecule has 1 atom stereocenters. The molecular formula is C17H15ClF3N5O2. The van der Waals surface area contributed by atoms with Gasteiger partial charge in [-0.25, -0.2) is 4.98 Å². The SMILES string of the molecule is CC(C(=O)Nc1cc(C2CC2)n[nH]1)c1cn2c(Cl)ccc(OC(F)(F)F)c2n1. The van der Waals surface area contributed by atoms with Gasteiger partial charge in [0.05, 0.1) is 17.3 Å². The molecule has 3 aromatic heterocycles. The van der Waals surface area contributed by atoms with E-state index in [0.29, 0.717) is 11.7 Å². The zero-order valence-corrected chi connectivity index (χ0v) is 15.3. The number of H-pyrrole nitrogens is 1. The van der Waals surface area contributed by atoms with Crippen LogP contribution in [0.25, 0.3) is 5.65 Å². The Hall–Kier alpha value is -2.75. The first-order chi connectivity index (χ1) is 13.2. The van der Waals surface area contributed by atoms with Crippen LogP contribution in [0.3, 0.4) is 0 Å². The summed E-state index contributed by atoms with van der Waals surface area (Å²) in [5.74, 6) is -0.738. The maximum atomic E-state index is 12.6. The number of carbonyl (C=O) groups is 1. The molecule has 1 amide bonds. The highest BCUT2D eigenvalue weighted by atomic mass is 35.5. The standard InChI is InChI=1S/C17H15ClF3N5O2/c1-8(16(27)23-14-6-10(24-25-14)9-2-3-9)11-7-26-13(18)5-4-12(15(26)22-11)28-17(19,20)21/h4-9H,2-3H2,1H3,(H2,23,24,25,27). The number of nitrogens with zero attached hydrogens (tertiary/aromatic N) is 3. The van der Waals surface area contributed by atoms with Gasteiger partial charge in [-0.3, -0.25) is 14.3 Å². The Balaban J connectivity index is 1.57. The molecule has 1 aliphatic carbocycles. The van der Waals surface area contributed by atoms with E-state index in [1.807, 2.05) is 0 Å². The average molecular weight is 414 g/mol. The lowest BCUT2D eigenvalue weighted by Crippen LogP contribution is -2.19. The number of pyridine rings is 1. The summed E-state index contributed by atoms with van der Waals surface area (Å²) in [5.41, 5.74) is 1.02. The predicted octanol–water partition coefficient (Wildman–Crippen LogP) is 4.23. The summed E-state index contributed by atoms with van der Waals surface area (Å²) >= 11 is 6.04. The number of aromatic amines is 1. The molecule has 0 radical (unpaired) electrons. The Morgan fingerprint density at radius 2 is 2.18 bits per heavy atom. The summed E-state index contributed by atoms with van der Waals surface area (Å²) in [5, 5.41) is 9.76. The molecular weight excluding hydrogens is 399 g/mol. The number of imidazole rings is 1. The maximum Gasteiger partial charge on any atom is 0.573 e. The molecule has 0 spiro atoms. The van der Waals surface area contributed by atoms with Crippen LogP contribution in [0.5, 0.6) is 5.75 Å². The Morgan fingerprint density at radius 1 is 1.43 bits per heavy atom. The van der Waals surface area contributed by atoms with Crippen molar-refractivity contribution in [3.05, 3.63) is 40.9 Å². The van der Waals surface area contributed by atoms with Crippen LogP contribution in [0, 0.1) is 0 Å². The first-order valence-electron chi connectivity index (χ1n) is 8.50.